The fraction of sp³-hybridized carbons (Fsp3) is 0.429. The van der Waals surface area contributed by atoms with E-state index >= 15 is 0 Å². The molecule has 1 atom stereocenters. The number of pyridine rings is 1. The molecule has 0 spiro atoms. The van der Waals surface area contributed by atoms with Crippen LogP contribution in [0.3, 0.4) is 0 Å². The van der Waals surface area contributed by atoms with Crippen molar-refractivity contribution in [3.63, 3.8) is 0 Å². The molecule has 1 aliphatic carbocycles. The average molecular weight is 259 g/mol. The zero-order valence-electron chi connectivity index (χ0n) is 10.7. The maximum absolute atomic E-state index is 4.78. The van der Waals surface area contributed by atoms with E-state index in [2.05, 4.69) is 10.3 Å². The lowest BCUT2D eigenvalue weighted by Gasteiger charge is -2.19. The summed E-state index contributed by atoms with van der Waals surface area (Å²) in [4.78, 5) is 10.7. The quantitative estimate of drug-likeness (QED) is 0.900. The smallest absolute Gasteiger partial charge is 0.142 e. The van der Waals surface area contributed by atoms with Crippen LogP contribution in [0.4, 0.5) is 0 Å². The fourth-order valence-corrected chi connectivity index (χ4v) is 3.69. The molecular weight excluding hydrogens is 242 g/mol. The van der Waals surface area contributed by atoms with Crippen molar-refractivity contribution in [2.24, 2.45) is 0 Å². The zero-order chi connectivity index (χ0) is 12.5. The van der Waals surface area contributed by atoms with E-state index in [0.717, 1.165) is 22.8 Å². The van der Waals surface area contributed by atoms with Crippen LogP contribution in [0.25, 0.3) is 10.7 Å². The van der Waals surface area contributed by atoms with Gasteiger partial charge in [-0.15, -0.1) is 11.3 Å². The van der Waals surface area contributed by atoms with Crippen molar-refractivity contribution in [2.45, 2.75) is 32.2 Å². The lowest BCUT2D eigenvalue weighted by atomic mass is 9.98. The summed E-state index contributed by atoms with van der Waals surface area (Å²) in [5.74, 6) is 0. The minimum atomic E-state index is 0.477. The molecule has 4 heteroatoms. The largest absolute Gasteiger partial charge is 0.312 e. The van der Waals surface area contributed by atoms with E-state index in [-0.39, 0.29) is 0 Å². The molecule has 3 nitrogen and oxygen atoms in total. The molecule has 0 fully saturated rings. The second-order valence-corrected chi connectivity index (χ2v) is 5.76. The van der Waals surface area contributed by atoms with E-state index in [1.807, 2.05) is 32.2 Å². The minimum Gasteiger partial charge on any atom is -0.312 e. The number of hydrogen-bond donors (Lipinski definition) is 1. The Bertz CT molecular complexity index is 562. The number of rotatable bonds is 2. The summed E-state index contributed by atoms with van der Waals surface area (Å²) >= 11 is 1.79. The first-order valence-electron chi connectivity index (χ1n) is 6.39. The summed E-state index contributed by atoms with van der Waals surface area (Å²) in [5, 5.41) is 4.45. The summed E-state index contributed by atoms with van der Waals surface area (Å²) in [5.41, 5.74) is 3.32. The number of fused-ring (bicyclic) bond motifs is 1. The number of thiazole rings is 1. The molecule has 1 unspecified atom stereocenters. The normalized spacial score (nSPS) is 18.7. The third kappa shape index (κ3) is 2.06. The van der Waals surface area contributed by atoms with Gasteiger partial charge in [0, 0.05) is 16.6 Å². The van der Waals surface area contributed by atoms with E-state index in [9.17, 15) is 0 Å². The molecule has 3 rings (SSSR count). The van der Waals surface area contributed by atoms with E-state index in [4.69, 9.17) is 4.98 Å². The molecular formula is C14H17N3S. The van der Waals surface area contributed by atoms with Crippen LogP contribution in [0.15, 0.2) is 18.2 Å². The molecule has 1 aliphatic rings. The first kappa shape index (κ1) is 11.8. The van der Waals surface area contributed by atoms with Crippen molar-refractivity contribution in [1.82, 2.24) is 15.3 Å². The molecule has 0 aliphatic heterocycles. The van der Waals surface area contributed by atoms with Crippen molar-refractivity contribution < 1.29 is 0 Å². The number of nitrogens with zero attached hydrogens (tertiary/aromatic N) is 2. The molecule has 0 saturated carbocycles. The zero-order valence-corrected chi connectivity index (χ0v) is 11.5. The number of aryl methyl sites for hydroxylation is 2. The molecule has 0 amide bonds. The number of nitrogens with one attached hydrogen (secondary N) is 1. The van der Waals surface area contributed by atoms with Crippen molar-refractivity contribution in [1.29, 1.82) is 0 Å². The molecule has 2 aromatic rings. The van der Waals surface area contributed by atoms with E-state index in [0.29, 0.717) is 6.04 Å². The Morgan fingerprint density at radius 1 is 1.33 bits per heavy atom. The summed E-state index contributed by atoms with van der Waals surface area (Å²) < 4.78 is 0. The van der Waals surface area contributed by atoms with Crippen LogP contribution in [-0.4, -0.2) is 17.0 Å². The summed E-state index contributed by atoms with van der Waals surface area (Å²) in [6.45, 7) is 2.02. The first-order valence-corrected chi connectivity index (χ1v) is 7.20. The maximum atomic E-state index is 4.78. The molecule has 0 bridgehead atoms. The maximum Gasteiger partial charge on any atom is 0.142 e. The average Bonchev–Trinajstić information content (AvgIpc) is 2.82. The van der Waals surface area contributed by atoms with Gasteiger partial charge in [0.15, 0.2) is 0 Å². The Kier molecular flexibility index (Phi) is 3.14. The molecule has 2 heterocycles. The van der Waals surface area contributed by atoms with Gasteiger partial charge in [-0.1, -0.05) is 6.07 Å². The highest BCUT2D eigenvalue weighted by atomic mass is 32.1. The SMILES string of the molecule is CNC1CCCc2nc(-c3cccc(C)n3)sc21. The van der Waals surface area contributed by atoms with Crippen molar-refractivity contribution in [2.75, 3.05) is 7.05 Å². The van der Waals surface area contributed by atoms with Crippen LogP contribution in [-0.2, 0) is 6.42 Å². The number of hydrogen-bond acceptors (Lipinski definition) is 4. The van der Waals surface area contributed by atoms with Crippen LogP contribution in [0.2, 0.25) is 0 Å². The monoisotopic (exact) mass is 259 g/mol. The van der Waals surface area contributed by atoms with Crippen molar-refractivity contribution in [3.05, 3.63) is 34.5 Å². The molecule has 94 valence electrons. The molecule has 0 radical (unpaired) electrons. The Balaban J connectivity index is 2.02. The second-order valence-electron chi connectivity index (χ2n) is 4.73. The van der Waals surface area contributed by atoms with Gasteiger partial charge in [0.25, 0.3) is 0 Å². The lowest BCUT2D eigenvalue weighted by molar-refractivity contribution is 0.501. The lowest BCUT2D eigenvalue weighted by Crippen LogP contribution is -2.19. The fourth-order valence-electron chi connectivity index (χ4n) is 2.47. The summed E-state index contributed by atoms with van der Waals surface area (Å²) in [6.07, 6.45) is 3.55. The third-order valence-electron chi connectivity index (χ3n) is 3.41. The van der Waals surface area contributed by atoms with Crippen LogP contribution >= 0.6 is 11.3 Å². The minimum absolute atomic E-state index is 0.477. The van der Waals surface area contributed by atoms with Gasteiger partial charge in [-0.25, -0.2) is 4.98 Å². The Morgan fingerprint density at radius 3 is 3.00 bits per heavy atom. The summed E-state index contributed by atoms with van der Waals surface area (Å²) in [6, 6.07) is 6.59. The van der Waals surface area contributed by atoms with Gasteiger partial charge in [-0.05, 0) is 45.4 Å². The predicted octanol–water partition coefficient (Wildman–Crippen LogP) is 3.11. The standard InChI is InChI=1S/C14H17N3S/c1-9-5-3-8-12(16-9)14-17-11-7-4-6-10(15-2)13(11)18-14/h3,5,8,10,15H,4,6-7H2,1-2H3. The first-order chi connectivity index (χ1) is 8.78. The highest BCUT2D eigenvalue weighted by Gasteiger charge is 2.23. The van der Waals surface area contributed by atoms with Crippen LogP contribution < -0.4 is 5.32 Å². The Labute approximate surface area is 111 Å². The van der Waals surface area contributed by atoms with E-state index in [1.54, 1.807) is 11.3 Å². The molecule has 2 aromatic heterocycles. The van der Waals surface area contributed by atoms with Crippen LogP contribution in [0.1, 0.15) is 35.1 Å². The van der Waals surface area contributed by atoms with Crippen molar-refractivity contribution >= 4 is 11.3 Å². The molecule has 0 aromatic carbocycles. The van der Waals surface area contributed by atoms with Gasteiger partial charge in [-0.2, -0.15) is 0 Å². The van der Waals surface area contributed by atoms with Gasteiger partial charge in [0.1, 0.15) is 5.01 Å². The van der Waals surface area contributed by atoms with Crippen molar-refractivity contribution in [3.8, 4) is 10.7 Å². The van der Waals surface area contributed by atoms with Crippen LogP contribution in [0.5, 0.6) is 0 Å². The molecule has 0 saturated heterocycles. The van der Waals surface area contributed by atoms with Crippen LogP contribution in [0, 0.1) is 6.92 Å². The second kappa shape index (κ2) is 4.78. The molecule has 1 N–H and O–H groups in total. The highest BCUT2D eigenvalue weighted by molar-refractivity contribution is 7.15. The third-order valence-corrected chi connectivity index (χ3v) is 4.64. The van der Waals surface area contributed by atoms with E-state index < -0.39 is 0 Å². The molecule has 18 heavy (non-hydrogen) atoms. The highest BCUT2D eigenvalue weighted by Crippen LogP contribution is 2.37. The number of aromatic nitrogens is 2. The topological polar surface area (TPSA) is 37.8 Å². The van der Waals surface area contributed by atoms with Gasteiger partial charge in [-0.3, -0.25) is 4.98 Å². The Morgan fingerprint density at radius 2 is 2.22 bits per heavy atom. The predicted molar refractivity (Wildman–Crippen MR) is 74.8 cm³/mol. The summed E-state index contributed by atoms with van der Waals surface area (Å²) in [7, 11) is 2.03. The van der Waals surface area contributed by atoms with Gasteiger partial charge in [0.2, 0.25) is 0 Å². The van der Waals surface area contributed by atoms with E-state index in [1.165, 1.54) is 23.4 Å². The van der Waals surface area contributed by atoms with Gasteiger partial charge in [0.05, 0.1) is 11.4 Å². The van der Waals surface area contributed by atoms with Gasteiger partial charge >= 0.3 is 0 Å². The van der Waals surface area contributed by atoms with Gasteiger partial charge < -0.3 is 5.32 Å². The Hall–Kier alpha value is -1.26.